The van der Waals surface area contributed by atoms with Crippen LogP contribution in [0.2, 0.25) is 0 Å². The van der Waals surface area contributed by atoms with Crippen molar-refractivity contribution in [2.75, 3.05) is 0 Å². The normalized spacial score (nSPS) is 12.1. The van der Waals surface area contributed by atoms with Crippen LogP contribution in [0.5, 0.6) is 0 Å². The van der Waals surface area contributed by atoms with Gasteiger partial charge in [0.05, 0.1) is 11.2 Å². The van der Waals surface area contributed by atoms with Gasteiger partial charge in [-0.2, -0.15) is 5.10 Å². The molecule has 2 rings (SSSR count). The molecule has 0 spiro atoms. The fourth-order valence-corrected chi connectivity index (χ4v) is 2.41. The quantitative estimate of drug-likeness (QED) is 0.760. The Morgan fingerprint density at radius 3 is 2.57 bits per heavy atom. The van der Waals surface area contributed by atoms with E-state index >= 15 is 0 Å². The van der Waals surface area contributed by atoms with E-state index in [0.717, 1.165) is 11.2 Å². The zero-order valence-electron chi connectivity index (χ0n) is 8.98. The number of hydrogen-bond donors (Lipinski definition) is 0. The maximum Gasteiger partial charge on any atom is 0.141 e. The van der Waals surface area contributed by atoms with Crippen LogP contribution in [0.15, 0.2) is 5.51 Å². The van der Waals surface area contributed by atoms with Crippen LogP contribution in [0.1, 0.15) is 45.3 Å². The molecule has 3 nitrogen and oxygen atoms in total. The Hall–Kier alpha value is -0.900. The summed E-state index contributed by atoms with van der Waals surface area (Å²) in [5, 5.41) is 4.61. The fraction of sp³-hybridized carbons (Fsp3) is 0.600. The van der Waals surface area contributed by atoms with E-state index in [1.165, 1.54) is 4.83 Å². The predicted molar refractivity (Wildman–Crippen MR) is 59.9 cm³/mol. The second kappa shape index (κ2) is 3.35. The number of nitrogens with zero attached hydrogens (tertiary/aromatic N) is 3. The van der Waals surface area contributed by atoms with Crippen LogP contribution in [0.25, 0.3) is 10.3 Å². The summed E-state index contributed by atoms with van der Waals surface area (Å²) in [4.78, 5) is 5.58. The largest absolute Gasteiger partial charge is 0.250 e. The zero-order chi connectivity index (χ0) is 10.3. The Balaban J connectivity index is 2.68. The molecule has 14 heavy (non-hydrogen) atoms. The fourth-order valence-electron chi connectivity index (χ4n) is 1.53. The summed E-state index contributed by atoms with van der Waals surface area (Å²) in [6.45, 7) is 8.62. The van der Waals surface area contributed by atoms with Crippen molar-refractivity contribution in [3.05, 3.63) is 11.2 Å². The van der Waals surface area contributed by atoms with E-state index in [2.05, 4.69) is 42.5 Å². The number of aromatic nitrogens is 3. The number of fused-ring (bicyclic) bond motifs is 1. The summed E-state index contributed by atoms with van der Waals surface area (Å²) in [6, 6.07) is 0.408. The van der Waals surface area contributed by atoms with E-state index < -0.39 is 0 Å². The van der Waals surface area contributed by atoms with Gasteiger partial charge in [-0.1, -0.05) is 13.8 Å². The molecule has 4 heteroatoms. The van der Waals surface area contributed by atoms with Crippen LogP contribution in [0.3, 0.4) is 0 Å². The van der Waals surface area contributed by atoms with Gasteiger partial charge in [0.1, 0.15) is 10.3 Å². The Kier molecular flexibility index (Phi) is 2.31. The van der Waals surface area contributed by atoms with Crippen molar-refractivity contribution >= 4 is 21.7 Å². The van der Waals surface area contributed by atoms with E-state index in [9.17, 15) is 0 Å². The molecular formula is C10H15N3S. The van der Waals surface area contributed by atoms with E-state index in [0.29, 0.717) is 12.0 Å². The maximum atomic E-state index is 4.61. The highest BCUT2D eigenvalue weighted by atomic mass is 32.1. The van der Waals surface area contributed by atoms with Gasteiger partial charge in [-0.15, -0.1) is 11.3 Å². The number of thiazole rings is 1. The summed E-state index contributed by atoms with van der Waals surface area (Å²) in [6.07, 6.45) is 0. The molecule has 0 unspecified atom stereocenters. The van der Waals surface area contributed by atoms with Crippen molar-refractivity contribution in [2.45, 2.75) is 39.7 Å². The average molecular weight is 209 g/mol. The van der Waals surface area contributed by atoms with Gasteiger partial charge in [-0.25, -0.2) is 4.98 Å². The van der Waals surface area contributed by atoms with Crippen LogP contribution >= 0.6 is 11.3 Å². The van der Waals surface area contributed by atoms with Crippen molar-refractivity contribution < 1.29 is 0 Å². The molecule has 0 aliphatic heterocycles. The topological polar surface area (TPSA) is 30.7 Å². The molecule has 76 valence electrons. The van der Waals surface area contributed by atoms with Gasteiger partial charge >= 0.3 is 0 Å². The van der Waals surface area contributed by atoms with Crippen LogP contribution < -0.4 is 0 Å². The van der Waals surface area contributed by atoms with Gasteiger partial charge in [0, 0.05) is 6.04 Å². The Bertz CT molecular complexity index is 402. The molecule has 0 aliphatic carbocycles. The smallest absolute Gasteiger partial charge is 0.141 e. The summed E-state index contributed by atoms with van der Waals surface area (Å²) < 4.78 is 2.07. The van der Waals surface area contributed by atoms with Crippen molar-refractivity contribution in [2.24, 2.45) is 0 Å². The lowest BCUT2D eigenvalue weighted by Gasteiger charge is -2.05. The molecule has 0 fully saturated rings. The highest BCUT2D eigenvalue weighted by molar-refractivity contribution is 7.16. The number of hydrogen-bond acceptors (Lipinski definition) is 3. The third-order valence-corrected chi connectivity index (χ3v) is 3.07. The molecule has 0 saturated heterocycles. The third kappa shape index (κ3) is 1.34. The molecule has 0 saturated carbocycles. The Labute approximate surface area is 87.8 Å². The molecule has 2 heterocycles. The van der Waals surface area contributed by atoms with Crippen LogP contribution in [-0.2, 0) is 0 Å². The molecule has 0 aromatic carbocycles. The standard InChI is InChI=1S/C10H15N3S/c1-6(2)8-9-10(14-5-11-9)13(12-8)7(3)4/h5-7H,1-4H3. The molecule has 2 aromatic heterocycles. The molecule has 0 N–H and O–H groups in total. The van der Waals surface area contributed by atoms with E-state index in [-0.39, 0.29) is 0 Å². The Morgan fingerprint density at radius 1 is 1.29 bits per heavy atom. The molecule has 0 amide bonds. The van der Waals surface area contributed by atoms with Gasteiger partial charge in [-0.05, 0) is 19.8 Å². The van der Waals surface area contributed by atoms with E-state index in [1.807, 2.05) is 5.51 Å². The van der Waals surface area contributed by atoms with Gasteiger partial charge in [-0.3, -0.25) is 4.68 Å². The molecule has 2 aromatic rings. The van der Waals surface area contributed by atoms with Crippen molar-refractivity contribution in [3.63, 3.8) is 0 Å². The maximum absolute atomic E-state index is 4.61. The van der Waals surface area contributed by atoms with Gasteiger partial charge < -0.3 is 0 Å². The summed E-state index contributed by atoms with van der Waals surface area (Å²) >= 11 is 1.67. The lowest BCUT2D eigenvalue weighted by Crippen LogP contribution is -2.02. The van der Waals surface area contributed by atoms with Crippen LogP contribution in [-0.4, -0.2) is 14.8 Å². The highest BCUT2D eigenvalue weighted by Crippen LogP contribution is 2.28. The first-order chi connectivity index (χ1) is 6.61. The third-order valence-electron chi connectivity index (χ3n) is 2.25. The van der Waals surface area contributed by atoms with Gasteiger partial charge in [0.25, 0.3) is 0 Å². The second-order valence-electron chi connectivity index (χ2n) is 4.08. The van der Waals surface area contributed by atoms with Crippen LogP contribution in [0.4, 0.5) is 0 Å². The molecule has 0 radical (unpaired) electrons. The highest BCUT2D eigenvalue weighted by Gasteiger charge is 2.16. The molecule has 0 atom stereocenters. The zero-order valence-corrected chi connectivity index (χ0v) is 9.80. The average Bonchev–Trinajstić information content (AvgIpc) is 2.59. The lowest BCUT2D eigenvalue weighted by atomic mass is 10.1. The first-order valence-electron chi connectivity index (χ1n) is 4.93. The minimum Gasteiger partial charge on any atom is -0.250 e. The van der Waals surface area contributed by atoms with Crippen molar-refractivity contribution in [1.29, 1.82) is 0 Å². The van der Waals surface area contributed by atoms with Gasteiger partial charge in [0.2, 0.25) is 0 Å². The van der Waals surface area contributed by atoms with E-state index in [4.69, 9.17) is 0 Å². The second-order valence-corrected chi connectivity index (χ2v) is 4.92. The summed E-state index contributed by atoms with van der Waals surface area (Å²) in [5.41, 5.74) is 4.10. The predicted octanol–water partition coefficient (Wildman–Crippen LogP) is 3.20. The minimum atomic E-state index is 0.408. The first kappa shape index (κ1) is 9.65. The summed E-state index contributed by atoms with van der Waals surface area (Å²) in [5.74, 6) is 0.444. The van der Waals surface area contributed by atoms with Gasteiger partial charge in [0.15, 0.2) is 0 Å². The monoisotopic (exact) mass is 209 g/mol. The SMILES string of the molecule is CC(C)c1nn(C(C)C)c2scnc12. The molecule has 0 aliphatic rings. The summed E-state index contributed by atoms with van der Waals surface area (Å²) in [7, 11) is 0. The molecular weight excluding hydrogens is 194 g/mol. The Morgan fingerprint density at radius 2 is 2.00 bits per heavy atom. The minimum absolute atomic E-state index is 0.408. The van der Waals surface area contributed by atoms with Crippen LogP contribution in [0, 0.1) is 0 Å². The van der Waals surface area contributed by atoms with E-state index in [1.54, 1.807) is 11.3 Å². The van der Waals surface area contributed by atoms with Crippen molar-refractivity contribution in [3.8, 4) is 0 Å². The lowest BCUT2D eigenvalue weighted by molar-refractivity contribution is 0.542. The van der Waals surface area contributed by atoms with Crippen molar-refractivity contribution in [1.82, 2.24) is 14.8 Å². The number of rotatable bonds is 2. The molecule has 0 bridgehead atoms. The first-order valence-corrected chi connectivity index (χ1v) is 5.80.